The zero-order valence-corrected chi connectivity index (χ0v) is 19.8. The summed E-state index contributed by atoms with van der Waals surface area (Å²) in [4.78, 5) is 20.2. The van der Waals surface area contributed by atoms with Gasteiger partial charge in [-0.2, -0.15) is 0 Å². The number of oxime groups is 1. The number of anilines is 1. The van der Waals surface area contributed by atoms with Crippen LogP contribution in [-0.2, 0) is 14.3 Å². The van der Waals surface area contributed by atoms with Gasteiger partial charge >= 0.3 is 0 Å². The third-order valence-electron chi connectivity index (χ3n) is 5.73. The summed E-state index contributed by atoms with van der Waals surface area (Å²) in [6.07, 6.45) is -0.995. The van der Waals surface area contributed by atoms with E-state index in [9.17, 15) is 10.2 Å². The predicted molar refractivity (Wildman–Crippen MR) is 130 cm³/mol. The second-order valence-corrected chi connectivity index (χ2v) is 8.19. The van der Waals surface area contributed by atoms with E-state index >= 15 is 0 Å². The van der Waals surface area contributed by atoms with Crippen LogP contribution in [0.1, 0.15) is 13.2 Å². The molecule has 1 aliphatic heterocycles. The number of aromatic nitrogens is 4. The van der Waals surface area contributed by atoms with E-state index in [2.05, 4.69) is 20.1 Å². The van der Waals surface area contributed by atoms with Crippen LogP contribution in [0.5, 0.6) is 0 Å². The van der Waals surface area contributed by atoms with Gasteiger partial charge < -0.3 is 35.2 Å². The molecule has 4 N–H and O–H groups in total. The lowest BCUT2D eigenvalue weighted by Crippen LogP contribution is -2.39. The van der Waals surface area contributed by atoms with Gasteiger partial charge in [0.1, 0.15) is 37.1 Å². The van der Waals surface area contributed by atoms with Crippen LogP contribution in [-0.4, -0.2) is 99.1 Å². The highest BCUT2D eigenvalue weighted by atomic mass is 16.6. The summed E-state index contributed by atoms with van der Waals surface area (Å²) in [6, 6.07) is 9.45. The number of rotatable bonds is 11. The van der Waals surface area contributed by atoms with Crippen molar-refractivity contribution in [1.82, 2.24) is 24.4 Å². The van der Waals surface area contributed by atoms with Crippen molar-refractivity contribution in [3.05, 3.63) is 36.7 Å². The number of imidazole rings is 1. The minimum atomic E-state index is -1.20. The largest absolute Gasteiger partial charge is 0.395 e. The molecule has 188 valence electrons. The van der Waals surface area contributed by atoms with E-state index in [1.54, 1.807) is 10.8 Å². The number of fused-ring (bicyclic) bond motifs is 1. The molecule has 0 amide bonds. The maximum absolute atomic E-state index is 11.0. The molecule has 0 aliphatic carbocycles. The van der Waals surface area contributed by atoms with Crippen LogP contribution in [0.4, 0.5) is 5.82 Å². The molecule has 4 rings (SSSR count). The van der Waals surface area contributed by atoms with E-state index in [1.165, 1.54) is 6.33 Å². The first-order valence-electron chi connectivity index (χ1n) is 11.5. The molecule has 3 heterocycles. The molecule has 12 nitrogen and oxygen atoms in total. The fraction of sp³-hybridized carbons (Fsp3) is 0.478. The molecule has 0 bridgehead atoms. The SMILES string of the molecule is CCOCC=NOCCN(C)C[C@H]1O[C@@H](n2c(-c3ccccc3)nc3c(N)ncnc32)[C@H](O)[C@@H]1O. The van der Waals surface area contributed by atoms with Crippen molar-refractivity contribution in [1.29, 1.82) is 0 Å². The van der Waals surface area contributed by atoms with Crippen molar-refractivity contribution in [2.45, 2.75) is 31.5 Å². The second-order valence-electron chi connectivity index (χ2n) is 8.19. The second kappa shape index (κ2) is 11.5. The van der Waals surface area contributed by atoms with Crippen molar-refractivity contribution >= 4 is 23.2 Å². The van der Waals surface area contributed by atoms with Crippen LogP contribution >= 0.6 is 0 Å². The number of aliphatic hydroxyl groups excluding tert-OH is 2. The molecule has 2 aromatic heterocycles. The molecule has 35 heavy (non-hydrogen) atoms. The van der Waals surface area contributed by atoms with Gasteiger partial charge in [-0.05, 0) is 14.0 Å². The van der Waals surface area contributed by atoms with Gasteiger partial charge in [-0.25, -0.2) is 15.0 Å². The summed E-state index contributed by atoms with van der Waals surface area (Å²) in [5.74, 6) is 0.732. The van der Waals surface area contributed by atoms with E-state index in [-0.39, 0.29) is 5.82 Å². The van der Waals surface area contributed by atoms with E-state index in [0.717, 1.165) is 5.56 Å². The molecule has 1 aliphatic rings. The molecule has 1 aromatic carbocycles. The lowest BCUT2D eigenvalue weighted by atomic mass is 10.1. The Morgan fingerprint density at radius 3 is 2.80 bits per heavy atom. The molecule has 1 fully saturated rings. The Kier molecular flexibility index (Phi) is 8.21. The molecular weight excluding hydrogens is 454 g/mol. The summed E-state index contributed by atoms with van der Waals surface area (Å²) in [5.41, 5.74) is 7.66. The number of nitrogens with zero attached hydrogens (tertiary/aromatic N) is 6. The van der Waals surface area contributed by atoms with Crippen LogP contribution in [0.25, 0.3) is 22.6 Å². The minimum absolute atomic E-state index is 0.221. The van der Waals surface area contributed by atoms with Gasteiger partial charge in [0.15, 0.2) is 23.2 Å². The number of hydrogen-bond donors (Lipinski definition) is 3. The number of hydrogen-bond acceptors (Lipinski definition) is 11. The predicted octanol–water partition coefficient (Wildman–Crippen LogP) is 0.665. The molecule has 1 saturated heterocycles. The van der Waals surface area contributed by atoms with Gasteiger partial charge in [-0.15, -0.1) is 0 Å². The third-order valence-corrected chi connectivity index (χ3v) is 5.73. The van der Waals surface area contributed by atoms with Crippen molar-refractivity contribution < 1.29 is 24.5 Å². The average Bonchev–Trinajstić information content (AvgIpc) is 3.38. The topological polar surface area (TPSA) is 153 Å². The molecular formula is C23H31N7O5. The minimum Gasteiger partial charge on any atom is -0.395 e. The van der Waals surface area contributed by atoms with Gasteiger partial charge in [-0.3, -0.25) is 4.57 Å². The van der Waals surface area contributed by atoms with Crippen LogP contribution in [0.2, 0.25) is 0 Å². The highest BCUT2D eigenvalue weighted by Crippen LogP contribution is 2.36. The van der Waals surface area contributed by atoms with Gasteiger partial charge in [-0.1, -0.05) is 35.5 Å². The first-order valence-corrected chi connectivity index (χ1v) is 11.5. The zero-order valence-electron chi connectivity index (χ0n) is 19.8. The number of aliphatic hydroxyl groups is 2. The normalized spacial score (nSPS) is 22.5. The molecule has 12 heteroatoms. The van der Waals surface area contributed by atoms with Crippen LogP contribution in [0, 0.1) is 0 Å². The number of likely N-dealkylation sites (N-methyl/N-ethyl adjacent to an activating group) is 1. The van der Waals surface area contributed by atoms with Crippen molar-refractivity contribution in [3.63, 3.8) is 0 Å². The number of benzene rings is 1. The molecule has 0 saturated carbocycles. The number of nitrogens with two attached hydrogens (primary N) is 1. The quantitative estimate of drug-likeness (QED) is 0.201. The van der Waals surface area contributed by atoms with Crippen LogP contribution < -0.4 is 5.73 Å². The molecule has 0 radical (unpaired) electrons. The van der Waals surface area contributed by atoms with Crippen LogP contribution in [0.15, 0.2) is 41.8 Å². The maximum Gasteiger partial charge on any atom is 0.168 e. The van der Waals surface area contributed by atoms with Crippen molar-refractivity contribution in [2.24, 2.45) is 5.16 Å². The fourth-order valence-corrected chi connectivity index (χ4v) is 3.95. The smallest absolute Gasteiger partial charge is 0.168 e. The molecule has 0 spiro atoms. The standard InChI is InChI=1S/C23H31N7O5/c1-3-33-11-9-27-34-12-10-29(2)13-16-18(31)19(32)23(35-16)30-21(15-7-5-4-6-8-15)28-17-20(24)25-14-26-22(17)30/h4-9,14,16,18-19,23,31-32H,3,10-13H2,1-2H3,(H2,24,25,26)/t16-,18-,19-,23-/m1/s1. The molecule has 0 unspecified atom stereocenters. The van der Waals surface area contributed by atoms with E-state index < -0.39 is 24.5 Å². The maximum atomic E-state index is 11.0. The summed E-state index contributed by atoms with van der Waals surface area (Å²) in [6.45, 7) is 4.20. The number of ether oxygens (including phenoxy) is 2. The average molecular weight is 486 g/mol. The lowest BCUT2D eigenvalue weighted by Gasteiger charge is -2.22. The van der Waals surface area contributed by atoms with Crippen molar-refractivity contribution in [2.75, 3.05) is 45.7 Å². The Morgan fingerprint density at radius 2 is 2.03 bits per heavy atom. The highest BCUT2D eigenvalue weighted by Gasteiger charge is 2.45. The van der Waals surface area contributed by atoms with Crippen LogP contribution in [0.3, 0.4) is 0 Å². The van der Waals surface area contributed by atoms with E-state index in [1.807, 2.05) is 49.2 Å². The first-order chi connectivity index (χ1) is 17.0. The van der Waals surface area contributed by atoms with Gasteiger partial charge in [0.05, 0.1) is 12.8 Å². The molecule has 4 atom stereocenters. The van der Waals surface area contributed by atoms with Gasteiger partial charge in [0, 0.05) is 25.3 Å². The number of nitrogen functional groups attached to an aromatic ring is 1. The Hall–Kier alpha value is -3.16. The Labute approximate surface area is 202 Å². The zero-order chi connectivity index (χ0) is 24.8. The Morgan fingerprint density at radius 1 is 1.23 bits per heavy atom. The van der Waals surface area contributed by atoms with Crippen molar-refractivity contribution in [3.8, 4) is 11.4 Å². The van der Waals surface area contributed by atoms with Gasteiger partial charge in [0.25, 0.3) is 0 Å². The third kappa shape index (κ3) is 5.57. The fourth-order valence-electron chi connectivity index (χ4n) is 3.95. The lowest BCUT2D eigenvalue weighted by molar-refractivity contribution is -0.0427. The first kappa shape index (κ1) is 24.9. The summed E-state index contributed by atoms with van der Waals surface area (Å²) in [7, 11) is 1.87. The highest BCUT2D eigenvalue weighted by molar-refractivity contribution is 5.85. The van der Waals surface area contributed by atoms with Gasteiger partial charge in [0.2, 0.25) is 0 Å². The summed E-state index contributed by atoms with van der Waals surface area (Å²) < 4.78 is 13.0. The summed E-state index contributed by atoms with van der Waals surface area (Å²) >= 11 is 0. The monoisotopic (exact) mass is 485 g/mol. The summed E-state index contributed by atoms with van der Waals surface area (Å²) in [5, 5.41) is 25.6. The van der Waals surface area contributed by atoms with E-state index in [0.29, 0.717) is 49.9 Å². The Balaban J connectivity index is 1.49. The molecule has 3 aromatic rings. The van der Waals surface area contributed by atoms with E-state index in [4.69, 9.17) is 20.0 Å². The Bertz CT molecular complexity index is 1130.